The van der Waals surface area contributed by atoms with Gasteiger partial charge in [-0.15, -0.1) is 5.53 Å². The Bertz CT molecular complexity index is 399. The highest BCUT2D eigenvalue weighted by molar-refractivity contribution is 5.68. The first-order valence-corrected chi connectivity index (χ1v) is 4.72. The van der Waals surface area contributed by atoms with Crippen LogP contribution in [0.3, 0.4) is 0 Å². The summed E-state index contributed by atoms with van der Waals surface area (Å²) in [6.45, 7) is 0.969. The van der Waals surface area contributed by atoms with E-state index in [4.69, 9.17) is 5.84 Å². The normalized spacial score (nSPS) is 19.1. The molecule has 1 aromatic carbocycles. The fourth-order valence-corrected chi connectivity index (χ4v) is 2.03. The average Bonchev–Trinajstić information content (AvgIpc) is 2.59. The third-order valence-corrected chi connectivity index (χ3v) is 2.69. The van der Waals surface area contributed by atoms with Crippen LogP contribution in [0.4, 0.5) is 0 Å². The second kappa shape index (κ2) is 2.73. The highest BCUT2D eigenvalue weighted by Gasteiger charge is 2.25. The third kappa shape index (κ3) is 1.01. The van der Waals surface area contributed by atoms with Crippen molar-refractivity contribution in [2.75, 3.05) is 6.54 Å². The van der Waals surface area contributed by atoms with E-state index in [1.807, 2.05) is 6.20 Å². The molecular weight excluding hydrogens is 176 g/mol. The Morgan fingerprint density at radius 2 is 2.14 bits per heavy atom. The Labute approximate surface area is 82.5 Å². The van der Waals surface area contributed by atoms with Gasteiger partial charge in [0.15, 0.2) is 0 Å². The van der Waals surface area contributed by atoms with Gasteiger partial charge in [-0.3, -0.25) is 5.01 Å². The number of hydrazine groups is 3. The van der Waals surface area contributed by atoms with Crippen LogP contribution in [0.15, 0.2) is 30.5 Å². The molecule has 14 heavy (non-hydrogen) atoms. The molecule has 0 saturated carbocycles. The van der Waals surface area contributed by atoms with Crippen LogP contribution in [0.25, 0.3) is 5.70 Å². The maximum absolute atomic E-state index is 5.66. The molecule has 3 N–H and O–H groups in total. The Kier molecular flexibility index (Phi) is 1.53. The first-order chi connectivity index (χ1) is 6.84. The lowest BCUT2D eigenvalue weighted by Crippen LogP contribution is -2.45. The molecule has 2 heterocycles. The van der Waals surface area contributed by atoms with Crippen LogP contribution in [-0.2, 0) is 6.42 Å². The molecule has 0 aliphatic carbocycles. The predicted octanol–water partition coefficient (Wildman–Crippen LogP) is 0.452. The molecule has 0 atom stereocenters. The molecule has 0 spiro atoms. The smallest absolute Gasteiger partial charge is 0.0804 e. The summed E-state index contributed by atoms with van der Waals surface area (Å²) in [7, 11) is 0. The van der Waals surface area contributed by atoms with Gasteiger partial charge < -0.3 is 0 Å². The number of hydrogen-bond donors (Lipinski definition) is 2. The minimum absolute atomic E-state index is 0.969. The van der Waals surface area contributed by atoms with Crippen molar-refractivity contribution >= 4 is 5.70 Å². The van der Waals surface area contributed by atoms with E-state index in [0.717, 1.165) is 18.7 Å². The molecule has 0 bridgehead atoms. The Balaban J connectivity index is 2.12. The molecule has 2 aliphatic rings. The lowest BCUT2D eigenvalue weighted by molar-refractivity contribution is 0.144. The van der Waals surface area contributed by atoms with Crippen LogP contribution in [0.2, 0.25) is 0 Å². The van der Waals surface area contributed by atoms with E-state index < -0.39 is 0 Å². The summed E-state index contributed by atoms with van der Waals surface area (Å²) in [5.41, 5.74) is 6.88. The summed E-state index contributed by atoms with van der Waals surface area (Å²) < 4.78 is 0. The lowest BCUT2D eigenvalue weighted by Gasteiger charge is -2.28. The van der Waals surface area contributed by atoms with E-state index in [9.17, 15) is 0 Å². The van der Waals surface area contributed by atoms with Gasteiger partial charge in [0.25, 0.3) is 0 Å². The van der Waals surface area contributed by atoms with Crippen LogP contribution >= 0.6 is 0 Å². The maximum Gasteiger partial charge on any atom is 0.0804 e. The van der Waals surface area contributed by atoms with Crippen molar-refractivity contribution in [1.82, 2.24) is 15.7 Å². The van der Waals surface area contributed by atoms with Gasteiger partial charge in [-0.05, 0) is 12.0 Å². The summed E-state index contributed by atoms with van der Waals surface area (Å²) >= 11 is 0. The van der Waals surface area contributed by atoms with Gasteiger partial charge in [-0.1, -0.05) is 24.3 Å². The van der Waals surface area contributed by atoms with Crippen LogP contribution in [-0.4, -0.2) is 16.7 Å². The summed E-state index contributed by atoms with van der Waals surface area (Å²) in [6, 6.07) is 8.45. The number of benzene rings is 1. The van der Waals surface area contributed by atoms with Crippen molar-refractivity contribution in [2.24, 2.45) is 5.84 Å². The topological polar surface area (TPSA) is 44.5 Å². The SMILES string of the molecule is NN1C=C2c3ccccc3CCN2N1. The van der Waals surface area contributed by atoms with Gasteiger partial charge in [-0.2, -0.15) is 0 Å². The summed E-state index contributed by atoms with van der Waals surface area (Å²) in [6.07, 6.45) is 2.98. The van der Waals surface area contributed by atoms with E-state index in [1.165, 1.54) is 16.2 Å². The largest absolute Gasteiger partial charge is 0.287 e. The van der Waals surface area contributed by atoms with Gasteiger partial charge in [0, 0.05) is 12.1 Å². The second-order valence-electron chi connectivity index (χ2n) is 3.58. The summed E-state index contributed by atoms with van der Waals surface area (Å²) in [4.78, 5) is 0. The van der Waals surface area contributed by atoms with Gasteiger partial charge in [0.1, 0.15) is 0 Å². The first kappa shape index (κ1) is 7.84. The van der Waals surface area contributed by atoms with Crippen molar-refractivity contribution < 1.29 is 0 Å². The van der Waals surface area contributed by atoms with Crippen LogP contribution in [0.5, 0.6) is 0 Å². The molecule has 0 amide bonds. The van der Waals surface area contributed by atoms with Crippen molar-refractivity contribution in [1.29, 1.82) is 0 Å². The number of nitrogens with zero attached hydrogens (tertiary/aromatic N) is 2. The molecule has 3 rings (SSSR count). The van der Waals surface area contributed by atoms with E-state index in [2.05, 4.69) is 34.8 Å². The standard InChI is InChI=1S/C10H12N4/c11-14-7-10-9-4-2-1-3-8(9)5-6-13(10)12-14/h1-4,7,12H,5-6,11H2. The van der Waals surface area contributed by atoms with E-state index in [1.54, 1.807) is 0 Å². The van der Waals surface area contributed by atoms with Crippen molar-refractivity contribution in [3.8, 4) is 0 Å². The molecule has 4 nitrogen and oxygen atoms in total. The number of hydrogen-bond acceptors (Lipinski definition) is 4. The maximum atomic E-state index is 5.66. The van der Waals surface area contributed by atoms with E-state index in [-0.39, 0.29) is 0 Å². The zero-order chi connectivity index (χ0) is 9.54. The van der Waals surface area contributed by atoms with Crippen molar-refractivity contribution in [2.45, 2.75) is 6.42 Å². The Morgan fingerprint density at radius 3 is 3.07 bits per heavy atom. The molecule has 1 aromatic rings. The zero-order valence-electron chi connectivity index (χ0n) is 7.77. The van der Waals surface area contributed by atoms with E-state index in [0.29, 0.717) is 0 Å². The molecular formula is C10H12N4. The molecule has 72 valence electrons. The highest BCUT2D eigenvalue weighted by atomic mass is 15.9. The molecule has 0 unspecified atom stereocenters. The molecule has 0 radical (unpaired) electrons. The molecule has 0 fully saturated rings. The average molecular weight is 188 g/mol. The third-order valence-electron chi connectivity index (χ3n) is 2.69. The second-order valence-corrected chi connectivity index (χ2v) is 3.58. The van der Waals surface area contributed by atoms with Crippen LogP contribution in [0.1, 0.15) is 11.1 Å². The van der Waals surface area contributed by atoms with Crippen molar-refractivity contribution in [3.63, 3.8) is 0 Å². The van der Waals surface area contributed by atoms with E-state index >= 15 is 0 Å². The molecule has 0 saturated heterocycles. The monoisotopic (exact) mass is 188 g/mol. The Hall–Kier alpha value is -1.52. The number of fused-ring (bicyclic) bond motifs is 3. The zero-order valence-corrected chi connectivity index (χ0v) is 7.77. The lowest BCUT2D eigenvalue weighted by atomic mass is 9.98. The fourth-order valence-electron chi connectivity index (χ4n) is 2.03. The fraction of sp³-hybridized carbons (Fsp3) is 0.200. The molecule has 2 aliphatic heterocycles. The van der Waals surface area contributed by atoms with Crippen LogP contribution < -0.4 is 11.4 Å². The first-order valence-electron chi connectivity index (χ1n) is 4.72. The molecule has 0 aromatic heterocycles. The van der Waals surface area contributed by atoms with Crippen molar-refractivity contribution in [3.05, 3.63) is 41.6 Å². The predicted molar refractivity (Wildman–Crippen MR) is 54.0 cm³/mol. The molecule has 4 heteroatoms. The minimum Gasteiger partial charge on any atom is -0.287 e. The van der Waals surface area contributed by atoms with Gasteiger partial charge >= 0.3 is 0 Å². The number of nitrogens with two attached hydrogens (primary N) is 1. The highest BCUT2D eigenvalue weighted by Crippen LogP contribution is 2.29. The summed E-state index contributed by atoms with van der Waals surface area (Å²) in [5.74, 6) is 5.66. The van der Waals surface area contributed by atoms with Crippen LogP contribution in [0, 0.1) is 0 Å². The number of rotatable bonds is 0. The van der Waals surface area contributed by atoms with Gasteiger partial charge in [0.05, 0.1) is 11.9 Å². The Morgan fingerprint density at radius 1 is 1.29 bits per heavy atom. The number of nitrogens with one attached hydrogen (secondary N) is 1. The summed E-state index contributed by atoms with van der Waals surface area (Å²) in [5, 5.41) is 3.57. The van der Waals surface area contributed by atoms with Gasteiger partial charge in [-0.25, -0.2) is 11.0 Å². The quantitative estimate of drug-likeness (QED) is 0.580. The van der Waals surface area contributed by atoms with Gasteiger partial charge in [0.2, 0.25) is 0 Å². The minimum atomic E-state index is 0.969.